The summed E-state index contributed by atoms with van der Waals surface area (Å²) in [4.78, 5) is 8.57. The van der Waals surface area contributed by atoms with E-state index >= 15 is 0 Å². The van der Waals surface area contributed by atoms with Crippen LogP contribution in [0.15, 0.2) is 73.1 Å². The van der Waals surface area contributed by atoms with Gasteiger partial charge < -0.3 is 21.1 Å². The predicted molar refractivity (Wildman–Crippen MR) is 110 cm³/mol. The van der Waals surface area contributed by atoms with Gasteiger partial charge in [-0.05, 0) is 35.7 Å². The van der Waals surface area contributed by atoms with Gasteiger partial charge in [0.05, 0.1) is 7.11 Å². The van der Waals surface area contributed by atoms with Gasteiger partial charge in [-0.2, -0.15) is 0 Å². The number of nitrogen functional groups attached to an aromatic ring is 1. The molecule has 27 heavy (non-hydrogen) atoms. The maximum atomic E-state index is 6.30. The van der Waals surface area contributed by atoms with Gasteiger partial charge in [-0.1, -0.05) is 36.4 Å². The van der Waals surface area contributed by atoms with E-state index in [4.69, 9.17) is 10.5 Å². The zero-order chi connectivity index (χ0) is 18.6. The molecule has 0 amide bonds. The number of nitrogens with two attached hydrogens (primary N) is 1. The molecule has 0 saturated carbocycles. The van der Waals surface area contributed by atoms with Crippen molar-refractivity contribution in [1.29, 1.82) is 0 Å². The zero-order valence-corrected chi connectivity index (χ0v) is 14.8. The fourth-order valence-corrected chi connectivity index (χ4v) is 2.87. The number of rotatable bonds is 5. The third-order valence-electron chi connectivity index (χ3n) is 4.28. The van der Waals surface area contributed by atoms with E-state index in [2.05, 4.69) is 38.8 Å². The number of ether oxygens (including phenoxy) is 1. The van der Waals surface area contributed by atoms with Crippen molar-refractivity contribution in [2.24, 2.45) is 0 Å². The lowest BCUT2D eigenvalue weighted by atomic mass is 10.1. The maximum Gasteiger partial charge on any atom is 0.159 e. The van der Waals surface area contributed by atoms with Crippen LogP contribution >= 0.6 is 0 Å². The molecule has 0 spiro atoms. The Hall–Kier alpha value is -3.80. The minimum Gasteiger partial charge on any atom is -0.497 e. The number of aromatic nitrogens is 2. The summed E-state index contributed by atoms with van der Waals surface area (Å²) in [6.07, 6.45) is 1.48. The number of benzene rings is 3. The summed E-state index contributed by atoms with van der Waals surface area (Å²) in [6.45, 7) is 0. The predicted octanol–water partition coefficient (Wildman–Crippen LogP) is 4.71. The highest BCUT2D eigenvalue weighted by molar-refractivity contribution is 5.96. The van der Waals surface area contributed by atoms with Crippen LogP contribution in [0.1, 0.15) is 0 Å². The number of nitrogens with zero attached hydrogens (tertiary/aromatic N) is 2. The van der Waals surface area contributed by atoms with Crippen molar-refractivity contribution in [2.45, 2.75) is 0 Å². The number of anilines is 5. The molecule has 0 aliphatic heterocycles. The van der Waals surface area contributed by atoms with Crippen molar-refractivity contribution in [1.82, 2.24) is 9.97 Å². The monoisotopic (exact) mass is 357 g/mol. The second-order valence-corrected chi connectivity index (χ2v) is 5.99. The normalized spacial score (nSPS) is 10.6. The van der Waals surface area contributed by atoms with E-state index in [1.165, 1.54) is 6.33 Å². The highest BCUT2D eigenvalue weighted by atomic mass is 16.5. The molecule has 3 aromatic carbocycles. The fourth-order valence-electron chi connectivity index (χ4n) is 2.87. The summed E-state index contributed by atoms with van der Waals surface area (Å²) in [5.74, 6) is 1.88. The summed E-state index contributed by atoms with van der Waals surface area (Å²) in [6, 6.07) is 21.8. The van der Waals surface area contributed by atoms with Gasteiger partial charge in [0.25, 0.3) is 0 Å². The Morgan fingerprint density at radius 2 is 1.52 bits per heavy atom. The minimum atomic E-state index is 0.446. The van der Waals surface area contributed by atoms with Crippen LogP contribution in [0.25, 0.3) is 10.8 Å². The van der Waals surface area contributed by atoms with E-state index in [-0.39, 0.29) is 0 Å². The smallest absolute Gasteiger partial charge is 0.159 e. The standard InChI is InChI=1S/C21H19N5O/c1-27-16-11-9-15(10-12-16)25-20-19(22)21(24-13-23-20)26-18-8-4-6-14-5-2-3-7-17(14)18/h2-13H,22H2,1H3,(H2,23,24,25,26). The van der Waals surface area contributed by atoms with E-state index < -0.39 is 0 Å². The lowest BCUT2D eigenvalue weighted by Crippen LogP contribution is -2.05. The second kappa shape index (κ2) is 7.21. The molecule has 6 heteroatoms. The quantitative estimate of drug-likeness (QED) is 0.480. The van der Waals surface area contributed by atoms with Gasteiger partial charge in [0.1, 0.15) is 17.8 Å². The summed E-state index contributed by atoms with van der Waals surface area (Å²) in [5, 5.41) is 8.78. The molecule has 0 aliphatic carbocycles. The van der Waals surface area contributed by atoms with Gasteiger partial charge in [0.2, 0.25) is 0 Å². The van der Waals surface area contributed by atoms with E-state index in [0.29, 0.717) is 17.3 Å². The van der Waals surface area contributed by atoms with E-state index in [0.717, 1.165) is 27.9 Å². The van der Waals surface area contributed by atoms with Gasteiger partial charge in [0, 0.05) is 16.8 Å². The molecule has 4 N–H and O–H groups in total. The first-order valence-electron chi connectivity index (χ1n) is 8.51. The van der Waals surface area contributed by atoms with Gasteiger partial charge in [-0.15, -0.1) is 0 Å². The lowest BCUT2D eigenvalue weighted by Gasteiger charge is -2.14. The van der Waals surface area contributed by atoms with Crippen LogP contribution in [0.4, 0.5) is 28.7 Å². The first-order chi connectivity index (χ1) is 13.2. The molecule has 4 rings (SSSR count). The zero-order valence-electron chi connectivity index (χ0n) is 14.8. The molecular formula is C21H19N5O. The molecule has 0 aliphatic rings. The van der Waals surface area contributed by atoms with Gasteiger partial charge >= 0.3 is 0 Å². The Bertz CT molecular complexity index is 1070. The highest BCUT2D eigenvalue weighted by Crippen LogP contribution is 2.31. The number of fused-ring (bicyclic) bond motifs is 1. The summed E-state index contributed by atoms with van der Waals surface area (Å²) >= 11 is 0. The Morgan fingerprint density at radius 1 is 0.815 bits per heavy atom. The third kappa shape index (κ3) is 3.46. The van der Waals surface area contributed by atoms with Crippen LogP contribution in [0.3, 0.4) is 0 Å². The average molecular weight is 357 g/mol. The largest absolute Gasteiger partial charge is 0.497 e. The van der Waals surface area contributed by atoms with Crippen molar-refractivity contribution < 1.29 is 4.74 Å². The molecule has 0 unspecified atom stereocenters. The molecule has 1 aromatic heterocycles. The molecular weight excluding hydrogens is 338 g/mol. The second-order valence-electron chi connectivity index (χ2n) is 5.99. The molecule has 0 radical (unpaired) electrons. The maximum absolute atomic E-state index is 6.30. The molecule has 6 nitrogen and oxygen atoms in total. The SMILES string of the molecule is COc1ccc(Nc2ncnc(Nc3cccc4ccccc34)c2N)cc1. The number of methoxy groups -OCH3 is 1. The topological polar surface area (TPSA) is 85.1 Å². The molecule has 1 heterocycles. The number of hydrogen-bond acceptors (Lipinski definition) is 6. The number of hydrogen-bond donors (Lipinski definition) is 3. The molecule has 0 saturated heterocycles. The Morgan fingerprint density at radius 3 is 2.30 bits per heavy atom. The van der Waals surface area contributed by atoms with Crippen LogP contribution in [0.2, 0.25) is 0 Å². The van der Waals surface area contributed by atoms with Crippen molar-refractivity contribution in [3.8, 4) is 5.75 Å². The Labute approximate surface area is 157 Å². The number of nitrogens with one attached hydrogen (secondary N) is 2. The summed E-state index contributed by atoms with van der Waals surface area (Å²) < 4.78 is 5.18. The molecule has 0 bridgehead atoms. The average Bonchev–Trinajstić information content (AvgIpc) is 2.72. The lowest BCUT2D eigenvalue weighted by molar-refractivity contribution is 0.415. The van der Waals surface area contributed by atoms with Gasteiger partial charge in [0.15, 0.2) is 11.6 Å². The highest BCUT2D eigenvalue weighted by Gasteiger charge is 2.10. The van der Waals surface area contributed by atoms with E-state index in [1.807, 2.05) is 48.5 Å². The minimum absolute atomic E-state index is 0.446. The molecule has 0 fully saturated rings. The molecule has 134 valence electrons. The van der Waals surface area contributed by atoms with Crippen molar-refractivity contribution >= 4 is 39.5 Å². The fraction of sp³-hybridized carbons (Fsp3) is 0.0476. The van der Waals surface area contributed by atoms with Crippen molar-refractivity contribution in [3.05, 3.63) is 73.1 Å². The summed E-state index contributed by atoms with van der Waals surface area (Å²) in [5.41, 5.74) is 8.55. The van der Waals surface area contributed by atoms with Crippen LogP contribution < -0.4 is 21.1 Å². The molecule has 4 aromatic rings. The van der Waals surface area contributed by atoms with E-state index in [9.17, 15) is 0 Å². The first-order valence-corrected chi connectivity index (χ1v) is 8.51. The van der Waals surface area contributed by atoms with Crippen molar-refractivity contribution in [2.75, 3.05) is 23.5 Å². The first kappa shape index (κ1) is 16.7. The third-order valence-corrected chi connectivity index (χ3v) is 4.28. The van der Waals surface area contributed by atoms with Gasteiger partial charge in [-0.25, -0.2) is 9.97 Å². The van der Waals surface area contributed by atoms with Crippen LogP contribution in [-0.2, 0) is 0 Å². The van der Waals surface area contributed by atoms with Crippen LogP contribution in [-0.4, -0.2) is 17.1 Å². The Balaban J connectivity index is 1.63. The van der Waals surface area contributed by atoms with Crippen molar-refractivity contribution in [3.63, 3.8) is 0 Å². The van der Waals surface area contributed by atoms with E-state index in [1.54, 1.807) is 7.11 Å². The van der Waals surface area contributed by atoms with Crippen LogP contribution in [0.5, 0.6) is 5.75 Å². The molecule has 0 atom stereocenters. The van der Waals surface area contributed by atoms with Gasteiger partial charge in [-0.3, -0.25) is 0 Å². The van der Waals surface area contributed by atoms with Crippen LogP contribution in [0, 0.1) is 0 Å². The summed E-state index contributed by atoms with van der Waals surface area (Å²) in [7, 11) is 1.63. The Kier molecular flexibility index (Phi) is 4.45.